The van der Waals surface area contributed by atoms with Crippen molar-refractivity contribution in [2.24, 2.45) is 0 Å². The van der Waals surface area contributed by atoms with Crippen LogP contribution in [0.25, 0.3) is 22.8 Å². The highest BCUT2D eigenvalue weighted by Gasteiger charge is 2.21. The number of rotatable bonds is 6. The van der Waals surface area contributed by atoms with E-state index in [1.165, 1.54) is 0 Å². The summed E-state index contributed by atoms with van der Waals surface area (Å²) in [6, 6.07) is 15.5. The molecule has 36 heavy (non-hydrogen) atoms. The number of carbonyl (C=O) groups is 2. The lowest BCUT2D eigenvalue weighted by Gasteiger charge is -2.13. The lowest BCUT2D eigenvalue weighted by molar-refractivity contribution is 0.101. The second-order valence-electron chi connectivity index (χ2n) is 7.39. The first-order valence-electron chi connectivity index (χ1n) is 10.4. The number of H-pyrrole nitrogens is 2. The Balaban J connectivity index is 1.39. The molecule has 0 fully saturated rings. The summed E-state index contributed by atoms with van der Waals surface area (Å²) in [7, 11) is 0. The maximum atomic E-state index is 12.9. The van der Waals surface area contributed by atoms with E-state index in [1.807, 2.05) is 0 Å². The first-order valence-corrected chi connectivity index (χ1v) is 10.4. The van der Waals surface area contributed by atoms with Crippen molar-refractivity contribution in [2.45, 2.75) is 0 Å². The van der Waals surface area contributed by atoms with Crippen LogP contribution in [0.4, 0.5) is 11.4 Å². The summed E-state index contributed by atoms with van der Waals surface area (Å²) < 4.78 is 0. The highest BCUT2D eigenvalue weighted by Crippen LogP contribution is 2.31. The van der Waals surface area contributed by atoms with Gasteiger partial charge in [-0.2, -0.15) is 0 Å². The molecule has 2 aromatic heterocycles. The number of phenolic OH excluding ortho intramolecular Hbond substituents is 2. The predicted molar refractivity (Wildman–Crippen MR) is 125 cm³/mol. The maximum absolute atomic E-state index is 12.9. The number of nitrogens with one attached hydrogen (secondary N) is 4. The van der Waals surface area contributed by atoms with E-state index < -0.39 is 23.3 Å². The van der Waals surface area contributed by atoms with Crippen LogP contribution >= 0.6 is 0 Å². The molecule has 0 radical (unpaired) electrons. The minimum absolute atomic E-state index is 0.248. The second kappa shape index (κ2) is 9.30. The molecule has 5 rings (SSSR count). The molecule has 5 aromatic rings. The zero-order valence-electron chi connectivity index (χ0n) is 18.2. The normalized spacial score (nSPS) is 10.7. The number of tetrazole rings is 2. The van der Waals surface area contributed by atoms with Crippen molar-refractivity contribution in [1.82, 2.24) is 41.2 Å². The number of para-hydroxylation sites is 2. The van der Waals surface area contributed by atoms with Gasteiger partial charge < -0.3 is 20.8 Å². The minimum atomic E-state index is -0.724. The summed E-state index contributed by atoms with van der Waals surface area (Å²) in [5, 5.41) is 53.3. The number of amides is 2. The molecule has 0 saturated carbocycles. The molecule has 0 spiro atoms. The Kier molecular flexibility index (Phi) is 5.72. The number of aromatic nitrogens is 8. The Morgan fingerprint density at radius 3 is 1.47 bits per heavy atom. The third-order valence-corrected chi connectivity index (χ3v) is 5.15. The van der Waals surface area contributed by atoms with Crippen molar-refractivity contribution < 1.29 is 19.8 Å². The van der Waals surface area contributed by atoms with Crippen molar-refractivity contribution in [3.05, 3.63) is 71.8 Å². The fourth-order valence-corrected chi connectivity index (χ4v) is 3.46. The molecule has 2 amide bonds. The Bertz CT molecular complexity index is 1430. The van der Waals surface area contributed by atoms with Crippen molar-refractivity contribution >= 4 is 23.2 Å². The number of hydrogen-bond acceptors (Lipinski definition) is 10. The van der Waals surface area contributed by atoms with E-state index in [2.05, 4.69) is 51.9 Å². The van der Waals surface area contributed by atoms with E-state index in [4.69, 9.17) is 0 Å². The molecule has 0 aliphatic carbocycles. The Morgan fingerprint density at radius 2 is 1.08 bits per heavy atom. The van der Waals surface area contributed by atoms with E-state index in [1.54, 1.807) is 48.5 Å². The van der Waals surface area contributed by atoms with Crippen molar-refractivity contribution in [2.75, 3.05) is 10.6 Å². The van der Waals surface area contributed by atoms with Gasteiger partial charge in [0.1, 0.15) is 11.5 Å². The van der Waals surface area contributed by atoms with Crippen LogP contribution in [0.5, 0.6) is 11.5 Å². The molecule has 0 saturated heterocycles. The highest BCUT2D eigenvalue weighted by molar-refractivity contribution is 6.11. The summed E-state index contributed by atoms with van der Waals surface area (Å²) in [5.41, 5.74) is 1.25. The molecular formula is C22H16N10O4. The molecule has 2 heterocycles. The van der Waals surface area contributed by atoms with Gasteiger partial charge in [-0.05, 0) is 57.3 Å². The van der Waals surface area contributed by atoms with Crippen molar-refractivity contribution in [1.29, 1.82) is 0 Å². The monoisotopic (exact) mass is 484 g/mol. The quantitative estimate of drug-likeness (QED) is 0.193. The highest BCUT2D eigenvalue weighted by atomic mass is 16.3. The van der Waals surface area contributed by atoms with E-state index >= 15 is 0 Å². The second-order valence-corrected chi connectivity index (χ2v) is 7.39. The van der Waals surface area contributed by atoms with Gasteiger partial charge in [0.2, 0.25) is 0 Å². The lowest BCUT2D eigenvalue weighted by Crippen LogP contribution is -2.16. The van der Waals surface area contributed by atoms with Crippen LogP contribution in [0.2, 0.25) is 0 Å². The van der Waals surface area contributed by atoms with Crippen LogP contribution < -0.4 is 10.6 Å². The predicted octanol–water partition coefficient (Wildman–Crippen LogP) is 1.96. The molecule has 0 aliphatic rings. The zero-order chi connectivity index (χ0) is 25.1. The van der Waals surface area contributed by atoms with Crippen LogP contribution in [-0.2, 0) is 0 Å². The summed E-state index contributed by atoms with van der Waals surface area (Å²) in [5.74, 6) is -1.82. The van der Waals surface area contributed by atoms with Crippen molar-refractivity contribution in [3.63, 3.8) is 0 Å². The molecular weight excluding hydrogens is 468 g/mol. The summed E-state index contributed by atoms with van der Waals surface area (Å²) >= 11 is 0. The number of anilines is 2. The number of nitrogens with zero attached hydrogens (tertiary/aromatic N) is 6. The first-order chi connectivity index (χ1) is 17.5. The molecule has 14 heteroatoms. The fraction of sp³-hybridized carbons (Fsp3) is 0. The number of benzene rings is 3. The zero-order valence-corrected chi connectivity index (χ0v) is 18.2. The van der Waals surface area contributed by atoms with E-state index in [0.717, 1.165) is 12.1 Å². The minimum Gasteiger partial charge on any atom is -0.507 e. The van der Waals surface area contributed by atoms with Crippen LogP contribution in [0.1, 0.15) is 20.7 Å². The van der Waals surface area contributed by atoms with E-state index in [-0.39, 0.29) is 11.1 Å². The average molecular weight is 484 g/mol. The smallest absolute Gasteiger partial charge is 0.259 e. The topological polar surface area (TPSA) is 208 Å². The molecule has 0 atom stereocenters. The van der Waals surface area contributed by atoms with Gasteiger partial charge in [-0.25, -0.2) is 10.2 Å². The number of phenols is 2. The van der Waals surface area contributed by atoms with Crippen molar-refractivity contribution in [3.8, 4) is 34.3 Å². The van der Waals surface area contributed by atoms with Gasteiger partial charge in [-0.15, -0.1) is 10.2 Å². The number of aromatic hydroxyl groups is 2. The van der Waals surface area contributed by atoms with Gasteiger partial charge in [-0.1, -0.05) is 24.3 Å². The molecule has 178 valence electrons. The number of aromatic amines is 2. The Hall–Kier alpha value is -5.66. The van der Waals surface area contributed by atoms with Gasteiger partial charge >= 0.3 is 0 Å². The van der Waals surface area contributed by atoms with Crippen LogP contribution in [0, 0.1) is 0 Å². The van der Waals surface area contributed by atoms with Gasteiger partial charge in [0, 0.05) is 11.1 Å². The summed E-state index contributed by atoms with van der Waals surface area (Å²) in [4.78, 5) is 25.8. The Morgan fingerprint density at radius 1 is 0.667 bits per heavy atom. The van der Waals surface area contributed by atoms with Crippen LogP contribution in [0.15, 0.2) is 60.7 Å². The fourth-order valence-electron chi connectivity index (χ4n) is 3.46. The first kappa shape index (κ1) is 22.1. The summed E-state index contributed by atoms with van der Waals surface area (Å²) in [6.07, 6.45) is 0. The number of carbonyl (C=O) groups excluding carboxylic acids is 2. The van der Waals surface area contributed by atoms with Gasteiger partial charge in [0.25, 0.3) is 11.8 Å². The third-order valence-electron chi connectivity index (χ3n) is 5.15. The molecule has 6 N–H and O–H groups in total. The SMILES string of the molecule is O=C(Nc1ccccc1-c1nnn[nH]1)c1cc(O)c(C(=O)Nc2ccccc2-c2nnn[nH]2)cc1O. The lowest BCUT2D eigenvalue weighted by atomic mass is 10.1. The third kappa shape index (κ3) is 4.28. The molecule has 0 unspecified atom stereocenters. The van der Waals surface area contributed by atoms with Gasteiger partial charge in [0.05, 0.1) is 22.5 Å². The van der Waals surface area contributed by atoms with E-state index in [9.17, 15) is 19.8 Å². The van der Waals surface area contributed by atoms with Crippen LogP contribution in [0.3, 0.4) is 0 Å². The molecule has 0 aliphatic heterocycles. The van der Waals surface area contributed by atoms with E-state index in [0.29, 0.717) is 34.2 Å². The van der Waals surface area contributed by atoms with Gasteiger partial charge in [-0.3, -0.25) is 9.59 Å². The number of hydrogen-bond donors (Lipinski definition) is 6. The molecule has 0 bridgehead atoms. The Labute approximate surface area is 201 Å². The van der Waals surface area contributed by atoms with Crippen LogP contribution in [-0.4, -0.2) is 63.3 Å². The largest absolute Gasteiger partial charge is 0.507 e. The molecule has 14 nitrogen and oxygen atoms in total. The maximum Gasteiger partial charge on any atom is 0.259 e. The molecule has 3 aromatic carbocycles. The average Bonchev–Trinajstić information content (AvgIpc) is 3.61. The van der Waals surface area contributed by atoms with Gasteiger partial charge in [0.15, 0.2) is 11.6 Å². The summed E-state index contributed by atoms with van der Waals surface area (Å²) in [6.45, 7) is 0. The standard InChI is InChI=1S/C22H16N10O4/c33-17-10-14(22(36)24-16-8-4-2-6-12(16)20-27-31-32-28-20)18(34)9-13(17)21(35)23-15-7-3-1-5-11(15)19-25-29-30-26-19/h1-10,33-34H,(H,23,35)(H,24,36)(H,25,26,29,30)(H,27,28,31,32).